The molecule has 1 nitrogen and oxygen atoms in total. The number of hydrogen-bond donors (Lipinski definition) is 0. The number of ether oxygens (including phenoxy) is 1. The minimum absolute atomic E-state index is 0.375. The Kier molecular flexibility index (Phi) is 4.54. The molecule has 0 aliphatic heterocycles. The Morgan fingerprint density at radius 3 is 2.41 bits per heavy atom. The van der Waals surface area contributed by atoms with E-state index in [9.17, 15) is 0 Å². The van der Waals surface area contributed by atoms with Crippen LogP contribution in [0.1, 0.15) is 5.56 Å². The molecule has 0 saturated heterocycles. The van der Waals surface area contributed by atoms with Crippen LogP contribution < -0.4 is 4.74 Å². The van der Waals surface area contributed by atoms with Crippen LogP contribution in [0.2, 0.25) is 5.02 Å². The lowest BCUT2D eigenvalue weighted by Crippen LogP contribution is -1.89. The normalized spacial score (nSPS) is 10.3. The highest BCUT2D eigenvalue weighted by Gasteiger charge is 2.05. The molecule has 2 rings (SSSR count). The van der Waals surface area contributed by atoms with Gasteiger partial charge in [-0.1, -0.05) is 11.6 Å². The molecule has 4 heteroatoms. The van der Waals surface area contributed by atoms with E-state index in [-0.39, 0.29) is 0 Å². The van der Waals surface area contributed by atoms with E-state index in [1.54, 1.807) is 6.07 Å². The maximum absolute atomic E-state index is 5.90. The van der Waals surface area contributed by atoms with Crippen LogP contribution in [0, 0.1) is 3.57 Å². The summed E-state index contributed by atoms with van der Waals surface area (Å²) in [5.74, 6) is 1.91. The zero-order chi connectivity index (χ0) is 12.3. The summed E-state index contributed by atoms with van der Waals surface area (Å²) in [6.45, 7) is 0. The molecule has 0 aliphatic rings. The molecule has 0 N–H and O–H groups in total. The first-order valence-corrected chi connectivity index (χ1v) is 6.96. The van der Waals surface area contributed by atoms with Gasteiger partial charge in [0, 0.05) is 14.2 Å². The molecule has 0 amide bonds. The molecule has 0 aliphatic carbocycles. The fourth-order valence-electron chi connectivity index (χ4n) is 1.38. The standard InChI is InChI=1S/C13H9Cl2IO/c14-8-9-7-10(15)1-6-13(9)17-12-4-2-11(16)3-5-12/h1-7H,8H2. The molecule has 0 saturated carbocycles. The van der Waals surface area contributed by atoms with Crippen molar-refractivity contribution in [3.8, 4) is 11.5 Å². The molecule has 0 unspecified atom stereocenters. The third kappa shape index (κ3) is 3.50. The van der Waals surface area contributed by atoms with Gasteiger partial charge >= 0.3 is 0 Å². The number of hydrogen-bond acceptors (Lipinski definition) is 1. The van der Waals surface area contributed by atoms with Gasteiger partial charge < -0.3 is 4.74 Å². The molecular formula is C13H9Cl2IO. The highest BCUT2D eigenvalue weighted by Crippen LogP contribution is 2.29. The van der Waals surface area contributed by atoms with Crippen LogP contribution in [0.25, 0.3) is 0 Å². The van der Waals surface area contributed by atoms with E-state index in [0.717, 1.165) is 17.1 Å². The van der Waals surface area contributed by atoms with Crippen LogP contribution in [-0.2, 0) is 5.88 Å². The predicted octanol–water partition coefficient (Wildman–Crippen LogP) is 5.48. The lowest BCUT2D eigenvalue weighted by atomic mass is 10.2. The Bertz CT molecular complexity index is 511. The monoisotopic (exact) mass is 378 g/mol. The van der Waals surface area contributed by atoms with E-state index in [1.165, 1.54) is 3.57 Å². The first kappa shape index (κ1) is 13.0. The topological polar surface area (TPSA) is 9.23 Å². The number of alkyl halides is 1. The highest BCUT2D eigenvalue weighted by molar-refractivity contribution is 14.1. The third-order valence-electron chi connectivity index (χ3n) is 2.21. The quantitative estimate of drug-likeness (QED) is 0.507. The number of benzene rings is 2. The van der Waals surface area contributed by atoms with Crippen LogP contribution in [0.5, 0.6) is 11.5 Å². The van der Waals surface area contributed by atoms with Crippen LogP contribution >= 0.6 is 45.8 Å². The zero-order valence-electron chi connectivity index (χ0n) is 8.79. The van der Waals surface area contributed by atoms with Gasteiger partial charge in [-0.25, -0.2) is 0 Å². The van der Waals surface area contributed by atoms with Crippen molar-refractivity contribution < 1.29 is 4.74 Å². The van der Waals surface area contributed by atoms with Gasteiger partial charge in [-0.05, 0) is 65.1 Å². The molecule has 0 heterocycles. The molecule has 0 radical (unpaired) electrons. The first-order valence-electron chi connectivity index (χ1n) is 4.97. The molecule has 0 aromatic heterocycles. The van der Waals surface area contributed by atoms with E-state index in [4.69, 9.17) is 27.9 Å². The molecule has 0 atom stereocenters. The summed E-state index contributed by atoms with van der Waals surface area (Å²) in [4.78, 5) is 0. The van der Waals surface area contributed by atoms with Crippen LogP contribution in [0.4, 0.5) is 0 Å². The maximum Gasteiger partial charge on any atom is 0.131 e. The Morgan fingerprint density at radius 2 is 1.76 bits per heavy atom. The van der Waals surface area contributed by atoms with E-state index < -0.39 is 0 Å². The van der Waals surface area contributed by atoms with E-state index in [0.29, 0.717) is 10.9 Å². The van der Waals surface area contributed by atoms with Crippen molar-refractivity contribution in [2.75, 3.05) is 0 Å². The second kappa shape index (κ2) is 5.94. The van der Waals surface area contributed by atoms with Crippen molar-refractivity contribution in [3.63, 3.8) is 0 Å². The Morgan fingerprint density at radius 1 is 1.06 bits per heavy atom. The second-order valence-electron chi connectivity index (χ2n) is 3.44. The third-order valence-corrected chi connectivity index (χ3v) is 3.45. The molecule has 17 heavy (non-hydrogen) atoms. The molecule has 0 bridgehead atoms. The smallest absolute Gasteiger partial charge is 0.131 e. The highest BCUT2D eigenvalue weighted by atomic mass is 127. The zero-order valence-corrected chi connectivity index (χ0v) is 12.5. The number of halogens is 3. The van der Waals surface area contributed by atoms with Gasteiger partial charge in [-0.15, -0.1) is 11.6 Å². The van der Waals surface area contributed by atoms with Crippen molar-refractivity contribution in [3.05, 3.63) is 56.6 Å². The largest absolute Gasteiger partial charge is 0.457 e. The SMILES string of the molecule is ClCc1cc(Cl)ccc1Oc1ccc(I)cc1. The minimum Gasteiger partial charge on any atom is -0.457 e. The van der Waals surface area contributed by atoms with Gasteiger partial charge in [0.2, 0.25) is 0 Å². The average Bonchev–Trinajstić information content (AvgIpc) is 2.34. The summed E-state index contributed by atoms with van der Waals surface area (Å²) in [6.07, 6.45) is 0. The fourth-order valence-corrected chi connectivity index (χ4v) is 2.14. The maximum atomic E-state index is 5.90. The van der Waals surface area contributed by atoms with Crippen molar-refractivity contribution in [2.24, 2.45) is 0 Å². The Hall–Kier alpha value is -0.450. The van der Waals surface area contributed by atoms with Crippen molar-refractivity contribution in [2.45, 2.75) is 5.88 Å². The summed E-state index contributed by atoms with van der Waals surface area (Å²) in [6, 6.07) is 13.3. The van der Waals surface area contributed by atoms with Crippen molar-refractivity contribution in [1.82, 2.24) is 0 Å². The van der Waals surface area contributed by atoms with Gasteiger partial charge in [0.15, 0.2) is 0 Å². The molecule has 2 aromatic carbocycles. The van der Waals surface area contributed by atoms with Crippen LogP contribution in [0.15, 0.2) is 42.5 Å². The van der Waals surface area contributed by atoms with E-state index >= 15 is 0 Å². The van der Waals surface area contributed by atoms with Gasteiger partial charge in [-0.2, -0.15) is 0 Å². The lowest BCUT2D eigenvalue weighted by Gasteiger charge is -2.09. The summed E-state index contributed by atoms with van der Waals surface area (Å²) in [5, 5.41) is 0.663. The molecule has 2 aromatic rings. The first-order chi connectivity index (χ1) is 8.19. The van der Waals surface area contributed by atoms with E-state index in [1.807, 2.05) is 36.4 Å². The van der Waals surface area contributed by atoms with Gasteiger partial charge in [0.1, 0.15) is 11.5 Å². The second-order valence-corrected chi connectivity index (χ2v) is 5.39. The predicted molar refractivity (Wildman–Crippen MR) is 80.2 cm³/mol. The van der Waals surface area contributed by atoms with Crippen LogP contribution in [-0.4, -0.2) is 0 Å². The summed E-state index contributed by atoms with van der Waals surface area (Å²) < 4.78 is 6.93. The summed E-state index contributed by atoms with van der Waals surface area (Å²) in [7, 11) is 0. The van der Waals surface area contributed by atoms with Gasteiger partial charge in [0.05, 0.1) is 5.88 Å². The summed E-state index contributed by atoms with van der Waals surface area (Å²) >= 11 is 14.0. The Balaban J connectivity index is 2.26. The van der Waals surface area contributed by atoms with Gasteiger partial charge in [-0.3, -0.25) is 0 Å². The van der Waals surface area contributed by atoms with Crippen LogP contribution in [0.3, 0.4) is 0 Å². The van der Waals surface area contributed by atoms with Crippen molar-refractivity contribution >= 4 is 45.8 Å². The Labute approximate surface area is 124 Å². The average molecular weight is 379 g/mol. The molecule has 0 fully saturated rings. The fraction of sp³-hybridized carbons (Fsp3) is 0.0769. The number of rotatable bonds is 3. The van der Waals surface area contributed by atoms with E-state index in [2.05, 4.69) is 22.6 Å². The lowest BCUT2D eigenvalue weighted by molar-refractivity contribution is 0.478. The minimum atomic E-state index is 0.375. The van der Waals surface area contributed by atoms with Crippen molar-refractivity contribution in [1.29, 1.82) is 0 Å². The molecule has 0 spiro atoms. The summed E-state index contributed by atoms with van der Waals surface area (Å²) in [5.41, 5.74) is 0.887. The molecule has 88 valence electrons. The van der Waals surface area contributed by atoms with Gasteiger partial charge in [0.25, 0.3) is 0 Å². The molecular weight excluding hydrogens is 370 g/mol.